The highest BCUT2D eigenvalue weighted by Gasteiger charge is 2.35. The lowest BCUT2D eigenvalue weighted by Gasteiger charge is -2.41. The second-order valence-electron chi connectivity index (χ2n) is 8.47. The summed E-state index contributed by atoms with van der Waals surface area (Å²) in [6, 6.07) is 6.19. The van der Waals surface area contributed by atoms with Crippen molar-refractivity contribution in [2.75, 3.05) is 57.8 Å². The number of carbonyl (C=O) groups excluding carboxylic acids is 1. The highest BCUT2D eigenvalue weighted by Crippen LogP contribution is 2.28. The summed E-state index contributed by atoms with van der Waals surface area (Å²) in [5.41, 5.74) is 1.18. The molecule has 1 amide bonds. The van der Waals surface area contributed by atoms with Crippen molar-refractivity contribution in [3.63, 3.8) is 0 Å². The van der Waals surface area contributed by atoms with Crippen molar-refractivity contribution in [1.29, 1.82) is 0 Å². The third kappa shape index (κ3) is 4.49. The Morgan fingerprint density at radius 2 is 1.97 bits per heavy atom. The van der Waals surface area contributed by atoms with Crippen LogP contribution in [0, 0.1) is 0 Å². The lowest BCUT2D eigenvalue weighted by atomic mass is 9.96. The van der Waals surface area contributed by atoms with Crippen LogP contribution in [-0.4, -0.2) is 89.3 Å². The molecule has 30 heavy (non-hydrogen) atoms. The smallest absolute Gasteiger partial charge is 0.224 e. The van der Waals surface area contributed by atoms with E-state index in [1.165, 1.54) is 6.33 Å². The van der Waals surface area contributed by atoms with Gasteiger partial charge < -0.3 is 19.6 Å². The molecule has 1 N–H and O–H groups in total. The van der Waals surface area contributed by atoms with E-state index in [-0.39, 0.29) is 5.91 Å². The molecule has 0 saturated carbocycles. The van der Waals surface area contributed by atoms with E-state index in [0.29, 0.717) is 19.0 Å². The number of β-amino-alcohol motifs (C(OH)–C–C–N with tert-alkyl or cyclic N) is 1. The molecule has 1 unspecified atom stereocenters. The van der Waals surface area contributed by atoms with Crippen LogP contribution < -0.4 is 9.64 Å². The van der Waals surface area contributed by atoms with E-state index < -0.39 is 5.60 Å². The van der Waals surface area contributed by atoms with Crippen LogP contribution in [0.3, 0.4) is 0 Å². The molecule has 1 aromatic heterocycles. The fraction of sp³-hybridized carbons (Fsp3) is 0.591. The number of rotatable bonds is 4. The van der Waals surface area contributed by atoms with Crippen molar-refractivity contribution in [2.45, 2.75) is 31.8 Å². The third-order valence-corrected chi connectivity index (χ3v) is 6.28. The van der Waals surface area contributed by atoms with Gasteiger partial charge in [-0.05, 0) is 37.5 Å². The summed E-state index contributed by atoms with van der Waals surface area (Å²) in [6.45, 7) is 6.92. The van der Waals surface area contributed by atoms with Gasteiger partial charge in [0.2, 0.25) is 11.8 Å². The predicted octanol–water partition coefficient (Wildman–Crippen LogP) is 1.52. The molecule has 8 heteroatoms. The van der Waals surface area contributed by atoms with Crippen LogP contribution in [0.1, 0.15) is 26.2 Å². The number of piperazine rings is 1. The average Bonchev–Trinajstić information content (AvgIpc) is 2.95. The van der Waals surface area contributed by atoms with Gasteiger partial charge in [-0.25, -0.2) is 9.97 Å². The molecular formula is C22H31N5O3. The molecule has 162 valence electrons. The van der Waals surface area contributed by atoms with Crippen molar-refractivity contribution in [2.24, 2.45) is 0 Å². The number of fused-ring (bicyclic) bond motifs is 1. The van der Waals surface area contributed by atoms with Crippen LogP contribution in [0.15, 0.2) is 24.5 Å². The van der Waals surface area contributed by atoms with E-state index in [2.05, 4.69) is 31.9 Å². The molecule has 0 spiro atoms. The third-order valence-electron chi connectivity index (χ3n) is 6.28. The first-order valence-electron chi connectivity index (χ1n) is 10.7. The number of likely N-dealkylation sites (tertiary alicyclic amines) is 1. The molecular weight excluding hydrogens is 382 g/mol. The SMILES string of the molecule is COc1ncnc2ccc(N3CCN(CC4(O)CCCCN(C(C)=O)C4)CC3)cc12. The fourth-order valence-electron chi connectivity index (χ4n) is 4.63. The molecule has 4 rings (SSSR count). The Bertz CT molecular complexity index is 899. The van der Waals surface area contributed by atoms with Gasteiger partial charge in [0.05, 0.1) is 30.2 Å². The second-order valence-corrected chi connectivity index (χ2v) is 8.47. The van der Waals surface area contributed by atoms with E-state index in [4.69, 9.17) is 4.74 Å². The quantitative estimate of drug-likeness (QED) is 0.814. The van der Waals surface area contributed by atoms with E-state index in [0.717, 1.165) is 68.6 Å². The first-order valence-corrected chi connectivity index (χ1v) is 10.7. The number of carbonyl (C=O) groups is 1. The fourth-order valence-corrected chi connectivity index (χ4v) is 4.63. The number of anilines is 1. The monoisotopic (exact) mass is 413 g/mol. The first-order chi connectivity index (χ1) is 14.5. The summed E-state index contributed by atoms with van der Waals surface area (Å²) in [5.74, 6) is 0.641. The van der Waals surface area contributed by atoms with Crippen molar-refractivity contribution in [1.82, 2.24) is 19.8 Å². The van der Waals surface area contributed by atoms with Crippen molar-refractivity contribution in [3.05, 3.63) is 24.5 Å². The number of nitrogens with zero attached hydrogens (tertiary/aromatic N) is 5. The summed E-state index contributed by atoms with van der Waals surface area (Å²) in [6.07, 6.45) is 4.19. The van der Waals surface area contributed by atoms with Crippen molar-refractivity contribution in [3.8, 4) is 5.88 Å². The van der Waals surface area contributed by atoms with Crippen LogP contribution in [-0.2, 0) is 4.79 Å². The van der Waals surface area contributed by atoms with Gasteiger partial charge >= 0.3 is 0 Å². The zero-order chi connectivity index (χ0) is 21.1. The minimum Gasteiger partial charge on any atom is -0.480 e. The van der Waals surface area contributed by atoms with E-state index in [1.54, 1.807) is 18.9 Å². The maximum absolute atomic E-state index is 11.8. The predicted molar refractivity (Wildman–Crippen MR) is 116 cm³/mol. The standard InChI is InChI=1S/C22H31N5O3/c1-17(28)27-8-4-3-7-22(29,15-27)14-25-9-11-26(12-10-25)18-5-6-20-19(13-18)21(30-2)24-16-23-20/h5-6,13,16,29H,3-4,7-12,14-15H2,1-2H3. The number of hydrogen-bond donors (Lipinski definition) is 1. The molecule has 1 aromatic carbocycles. The molecule has 0 bridgehead atoms. The Kier molecular flexibility index (Phi) is 6.06. The average molecular weight is 414 g/mol. The zero-order valence-corrected chi connectivity index (χ0v) is 17.9. The molecule has 0 radical (unpaired) electrons. The molecule has 1 atom stereocenters. The first kappa shape index (κ1) is 20.8. The normalized spacial score (nSPS) is 23.4. The Hall–Kier alpha value is -2.45. The Morgan fingerprint density at radius 3 is 2.70 bits per heavy atom. The number of hydrogen-bond acceptors (Lipinski definition) is 7. The van der Waals surface area contributed by atoms with Gasteiger partial charge in [-0.3, -0.25) is 9.69 Å². The van der Waals surface area contributed by atoms with Crippen molar-refractivity contribution >= 4 is 22.5 Å². The maximum Gasteiger partial charge on any atom is 0.224 e. The summed E-state index contributed by atoms with van der Waals surface area (Å²) in [5, 5.41) is 12.1. The van der Waals surface area contributed by atoms with Crippen molar-refractivity contribution < 1.29 is 14.6 Å². The summed E-state index contributed by atoms with van der Waals surface area (Å²) in [7, 11) is 1.62. The van der Waals surface area contributed by atoms with Gasteiger partial charge in [0.15, 0.2) is 0 Å². The number of ether oxygens (including phenoxy) is 1. The maximum atomic E-state index is 11.8. The molecule has 2 fully saturated rings. The molecule has 3 heterocycles. The molecule has 2 saturated heterocycles. The lowest BCUT2D eigenvalue weighted by molar-refractivity contribution is -0.132. The minimum absolute atomic E-state index is 0.0517. The van der Waals surface area contributed by atoms with Crippen LogP contribution in [0.2, 0.25) is 0 Å². The second kappa shape index (κ2) is 8.73. The Morgan fingerprint density at radius 1 is 1.17 bits per heavy atom. The number of aliphatic hydroxyl groups is 1. The van der Waals surface area contributed by atoms with E-state index >= 15 is 0 Å². The van der Waals surface area contributed by atoms with Crippen LogP contribution >= 0.6 is 0 Å². The van der Waals surface area contributed by atoms with Crippen LogP contribution in [0.25, 0.3) is 10.9 Å². The molecule has 8 nitrogen and oxygen atoms in total. The highest BCUT2D eigenvalue weighted by atomic mass is 16.5. The topological polar surface area (TPSA) is 82.0 Å². The van der Waals surface area contributed by atoms with E-state index in [9.17, 15) is 9.90 Å². The lowest BCUT2D eigenvalue weighted by Crippen LogP contribution is -2.55. The molecule has 2 aliphatic heterocycles. The minimum atomic E-state index is -0.821. The van der Waals surface area contributed by atoms with Crippen LogP contribution in [0.5, 0.6) is 5.88 Å². The van der Waals surface area contributed by atoms with E-state index in [1.807, 2.05) is 6.07 Å². The Balaban J connectivity index is 1.40. The molecule has 0 aliphatic carbocycles. The molecule has 2 aliphatic rings. The van der Waals surface area contributed by atoms with Crippen LogP contribution in [0.4, 0.5) is 5.69 Å². The van der Waals surface area contributed by atoms with Gasteiger partial charge in [0.25, 0.3) is 0 Å². The Labute approximate surface area is 177 Å². The summed E-state index contributed by atoms with van der Waals surface area (Å²) < 4.78 is 5.38. The molecule has 2 aromatic rings. The van der Waals surface area contributed by atoms with Gasteiger partial charge in [-0.1, -0.05) is 0 Å². The van der Waals surface area contributed by atoms with Gasteiger partial charge in [-0.15, -0.1) is 0 Å². The zero-order valence-electron chi connectivity index (χ0n) is 17.9. The number of methoxy groups -OCH3 is 1. The number of aromatic nitrogens is 2. The highest BCUT2D eigenvalue weighted by molar-refractivity contribution is 5.86. The number of amides is 1. The summed E-state index contributed by atoms with van der Waals surface area (Å²) in [4.78, 5) is 26.8. The largest absolute Gasteiger partial charge is 0.480 e. The van der Waals surface area contributed by atoms with Gasteiger partial charge in [0.1, 0.15) is 6.33 Å². The number of benzene rings is 1. The summed E-state index contributed by atoms with van der Waals surface area (Å²) >= 11 is 0. The van der Waals surface area contributed by atoms with Gasteiger partial charge in [0, 0.05) is 51.9 Å². The van der Waals surface area contributed by atoms with Gasteiger partial charge in [-0.2, -0.15) is 0 Å².